The molecule has 0 unspecified atom stereocenters. The highest BCUT2D eigenvalue weighted by Gasteiger charge is 2.42. The molecule has 3 aliphatic rings. The minimum atomic E-state index is 0.766. The van der Waals surface area contributed by atoms with Crippen LogP contribution in [0, 0.1) is 5.41 Å². The number of hydrogen-bond acceptors (Lipinski definition) is 3. The Labute approximate surface area is 106 Å². The van der Waals surface area contributed by atoms with Crippen LogP contribution in [0.15, 0.2) is 0 Å². The van der Waals surface area contributed by atoms with Gasteiger partial charge >= 0.3 is 0 Å². The van der Waals surface area contributed by atoms with E-state index in [1.54, 1.807) is 0 Å². The summed E-state index contributed by atoms with van der Waals surface area (Å²) in [5.74, 6) is 0. The summed E-state index contributed by atoms with van der Waals surface area (Å²) < 4.78 is 0. The van der Waals surface area contributed by atoms with E-state index in [4.69, 9.17) is 0 Å². The van der Waals surface area contributed by atoms with Crippen molar-refractivity contribution in [3.05, 3.63) is 0 Å². The molecule has 3 rings (SSSR count). The van der Waals surface area contributed by atoms with Crippen LogP contribution in [0.25, 0.3) is 0 Å². The third kappa shape index (κ3) is 2.83. The van der Waals surface area contributed by atoms with Crippen LogP contribution in [0.4, 0.5) is 0 Å². The molecule has 1 saturated carbocycles. The van der Waals surface area contributed by atoms with Crippen molar-refractivity contribution in [1.82, 2.24) is 15.1 Å². The summed E-state index contributed by atoms with van der Waals surface area (Å²) in [6.07, 6.45) is 7.49. The molecule has 0 aromatic carbocycles. The third-order valence-corrected chi connectivity index (χ3v) is 4.97. The van der Waals surface area contributed by atoms with Gasteiger partial charge in [-0.05, 0) is 18.3 Å². The van der Waals surface area contributed by atoms with E-state index in [9.17, 15) is 0 Å². The Balaban J connectivity index is 1.35. The first kappa shape index (κ1) is 11.9. The summed E-state index contributed by atoms with van der Waals surface area (Å²) in [6, 6.07) is 0. The molecule has 2 heterocycles. The van der Waals surface area contributed by atoms with Gasteiger partial charge in [0.25, 0.3) is 0 Å². The second kappa shape index (κ2) is 5.25. The maximum atomic E-state index is 3.42. The van der Waals surface area contributed by atoms with E-state index in [1.807, 2.05) is 0 Å². The lowest BCUT2D eigenvalue weighted by Crippen LogP contribution is -2.58. The maximum absolute atomic E-state index is 3.42. The van der Waals surface area contributed by atoms with E-state index < -0.39 is 0 Å². The molecule has 3 nitrogen and oxygen atoms in total. The van der Waals surface area contributed by atoms with E-state index in [0.717, 1.165) is 5.41 Å². The third-order valence-electron chi connectivity index (χ3n) is 4.97. The summed E-state index contributed by atoms with van der Waals surface area (Å²) in [5.41, 5.74) is 0.766. The van der Waals surface area contributed by atoms with Crippen molar-refractivity contribution >= 4 is 0 Å². The molecular formula is C14H27N3. The van der Waals surface area contributed by atoms with E-state index in [1.165, 1.54) is 84.5 Å². The molecule has 0 atom stereocenters. The maximum Gasteiger partial charge on any atom is 0.0110 e. The van der Waals surface area contributed by atoms with Crippen LogP contribution in [0.2, 0.25) is 0 Å². The molecule has 0 radical (unpaired) electrons. The second-order valence-corrected chi connectivity index (χ2v) is 6.36. The van der Waals surface area contributed by atoms with Gasteiger partial charge in [0.05, 0.1) is 0 Å². The van der Waals surface area contributed by atoms with Crippen LogP contribution in [0.1, 0.15) is 32.1 Å². The fourth-order valence-corrected chi connectivity index (χ4v) is 3.90. The monoisotopic (exact) mass is 237 g/mol. The van der Waals surface area contributed by atoms with Gasteiger partial charge in [0.1, 0.15) is 0 Å². The highest BCUT2D eigenvalue weighted by Crippen LogP contribution is 2.43. The van der Waals surface area contributed by atoms with Gasteiger partial charge < -0.3 is 10.2 Å². The van der Waals surface area contributed by atoms with Gasteiger partial charge in [-0.1, -0.05) is 19.3 Å². The predicted molar refractivity (Wildman–Crippen MR) is 71.3 cm³/mol. The topological polar surface area (TPSA) is 18.5 Å². The van der Waals surface area contributed by atoms with Crippen LogP contribution >= 0.6 is 0 Å². The van der Waals surface area contributed by atoms with Crippen LogP contribution in [0.5, 0.6) is 0 Å². The Hall–Kier alpha value is -0.120. The van der Waals surface area contributed by atoms with Crippen LogP contribution in [0.3, 0.4) is 0 Å². The number of likely N-dealkylation sites (tertiary alicyclic amines) is 1. The van der Waals surface area contributed by atoms with Gasteiger partial charge in [-0.15, -0.1) is 0 Å². The van der Waals surface area contributed by atoms with Gasteiger partial charge in [0.2, 0.25) is 0 Å². The summed E-state index contributed by atoms with van der Waals surface area (Å²) >= 11 is 0. The van der Waals surface area contributed by atoms with Crippen molar-refractivity contribution in [2.45, 2.75) is 32.1 Å². The van der Waals surface area contributed by atoms with E-state index >= 15 is 0 Å². The molecule has 1 spiro atoms. The smallest absolute Gasteiger partial charge is 0.0110 e. The fraction of sp³-hybridized carbons (Fsp3) is 1.00. The van der Waals surface area contributed by atoms with E-state index in [0.29, 0.717) is 0 Å². The minimum Gasteiger partial charge on any atom is -0.314 e. The minimum absolute atomic E-state index is 0.766. The molecule has 1 N–H and O–H groups in total. The average Bonchev–Trinajstić information content (AvgIpc) is 2.36. The van der Waals surface area contributed by atoms with Gasteiger partial charge in [-0.2, -0.15) is 0 Å². The highest BCUT2D eigenvalue weighted by atomic mass is 15.3. The Morgan fingerprint density at radius 1 is 0.824 bits per heavy atom. The molecule has 2 aliphatic heterocycles. The first-order chi connectivity index (χ1) is 8.36. The lowest BCUT2D eigenvalue weighted by Gasteiger charge is -2.53. The number of rotatable bonds is 3. The van der Waals surface area contributed by atoms with Crippen molar-refractivity contribution in [3.8, 4) is 0 Å². The van der Waals surface area contributed by atoms with E-state index in [2.05, 4.69) is 15.1 Å². The molecule has 0 bridgehead atoms. The molecule has 1 aliphatic carbocycles. The Morgan fingerprint density at radius 3 is 2.18 bits per heavy atom. The average molecular weight is 237 g/mol. The van der Waals surface area contributed by atoms with Crippen molar-refractivity contribution in [2.75, 3.05) is 52.4 Å². The molecule has 17 heavy (non-hydrogen) atoms. The molecule has 3 fully saturated rings. The van der Waals surface area contributed by atoms with Gasteiger partial charge in [0, 0.05) is 52.4 Å². The molecule has 98 valence electrons. The normalized spacial score (nSPS) is 30.4. The standard InChI is InChI=1S/C14H27N3/c1-2-4-14(5-3-1)12-17(13-14)11-10-16-8-6-15-7-9-16/h15H,1-13H2. The Kier molecular flexibility index (Phi) is 3.69. The molecular weight excluding hydrogens is 210 g/mol. The molecule has 0 amide bonds. The number of nitrogens with zero attached hydrogens (tertiary/aromatic N) is 2. The molecule has 3 heteroatoms. The van der Waals surface area contributed by atoms with Crippen LogP contribution in [-0.4, -0.2) is 62.2 Å². The van der Waals surface area contributed by atoms with Crippen molar-refractivity contribution in [2.24, 2.45) is 5.41 Å². The van der Waals surface area contributed by atoms with E-state index in [-0.39, 0.29) is 0 Å². The quantitative estimate of drug-likeness (QED) is 0.794. The lowest BCUT2D eigenvalue weighted by molar-refractivity contribution is -0.0321. The predicted octanol–water partition coefficient (Wildman–Crippen LogP) is 1.16. The van der Waals surface area contributed by atoms with Crippen molar-refractivity contribution in [1.29, 1.82) is 0 Å². The molecule has 0 aromatic rings. The van der Waals surface area contributed by atoms with Crippen LogP contribution in [-0.2, 0) is 0 Å². The zero-order valence-electron chi connectivity index (χ0n) is 11.1. The summed E-state index contributed by atoms with van der Waals surface area (Å²) in [5, 5.41) is 3.42. The number of nitrogens with one attached hydrogen (secondary N) is 1. The lowest BCUT2D eigenvalue weighted by atomic mass is 9.69. The first-order valence-electron chi connectivity index (χ1n) is 7.52. The highest BCUT2D eigenvalue weighted by molar-refractivity contribution is 4.96. The van der Waals surface area contributed by atoms with Crippen molar-refractivity contribution < 1.29 is 0 Å². The van der Waals surface area contributed by atoms with Gasteiger partial charge in [-0.3, -0.25) is 4.90 Å². The summed E-state index contributed by atoms with van der Waals surface area (Å²) in [7, 11) is 0. The molecule has 2 saturated heterocycles. The largest absolute Gasteiger partial charge is 0.314 e. The van der Waals surface area contributed by atoms with Gasteiger partial charge in [0.15, 0.2) is 0 Å². The second-order valence-electron chi connectivity index (χ2n) is 6.36. The zero-order valence-corrected chi connectivity index (χ0v) is 11.1. The van der Waals surface area contributed by atoms with Gasteiger partial charge in [-0.25, -0.2) is 0 Å². The molecule has 0 aromatic heterocycles. The summed E-state index contributed by atoms with van der Waals surface area (Å²) in [6.45, 7) is 10.3. The van der Waals surface area contributed by atoms with Crippen LogP contribution < -0.4 is 5.32 Å². The zero-order chi connectivity index (χ0) is 11.6. The first-order valence-corrected chi connectivity index (χ1v) is 7.52. The Bertz CT molecular complexity index is 234. The summed E-state index contributed by atoms with van der Waals surface area (Å²) in [4.78, 5) is 5.30. The number of hydrogen-bond donors (Lipinski definition) is 1. The SMILES string of the molecule is C1CCC2(CC1)CN(CCN1CCNCC1)C2. The Morgan fingerprint density at radius 2 is 1.47 bits per heavy atom. The fourth-order valence-electron chi connectivity index (χ4n) is 3.90. The van der Waals surface area contributed by atoms with Crippen molar-refractivity contribution in [3.63, 3.8) is 0 Å². The number of piperazine rings is 1.